The number of hydrogen-bond acceptors (Lipinski definition) is 4. The van der Waals surface area contributed by atoms with E-state index in [4.69, 9.17) is 4.74 Å². The van der Waals surface area contributed by atoms with Crippen molar-refractivity contribution < 1.29 is 9.84 Å². The zero-order valence-corrected chi connectivity index (χ0v) is 11.4. The molecule has 96 valence electrons. The molecule has 0 bridgehead atoms. The summed E-state index contributed by atoms with van der Waals surface area (Å²) in [5.74, 6) is 0. The summed E-state index contributed by atoms with van der Waals surface area (Å²) in [7, 11) is 1.60. The zero-order chi connectivity index (χ0) is 13.0. The van der Waals surface area contributed by atoms with Crippen molar-refractivity contribution in [3.63, 3.8) is 0 Å². The van der Waals surface area contributed by atoms with Gasteiger partial charge < -0.3 is 9.84 Å². The van der Waals surface area contributed by atoms with E-state index in [2.05, 4.69) is 4.98 Å². The van der Waals surface area contributed by atoms with Crippen LogP contribution < -0.4 is 0 Å². The first-order valence-electron chi connectivity index (χ1n) is 5.91. The van der Waals surface area contributed by atoms with Gasteiger partial charge in [-0.05, 0) is 6.92 Å². The minimum atomic E-state index is -0.509. The Labute approximate surface area is 111 Å². The second-order valence-corrected chi connectivity index (χ2v) is 5.15. The van der Waals surface area contributed by atoms with Gasteiger partial charge in [0.15, 0.2) is 0 Å². The quantitative estimate of drug-likeness (QED) is 0.902. The first-order valence-corrected chi connectivity index (χ1v) is 6.79. The van der Waals surface area contributed by atoms with E-state index in [1.165, 1.54) is 0 Å². The Morgan fingerprint density at radius 3 is 2.72 bits per heavy atom. The highest BCUT2D eigenvalue weighted by Crippen LogP contribution is 2.22. The van der Waals surface area contributed by atoms with Crippen LogP contribution in [0.1, 0.15) is 11.9 Å². The van der Waals surface area contributed by atoms with Gasteiger partial charge >= 0.3 is 0 Å². The molecule has 2 rings (SSSR count). The van der Waals surface area contributed by atoms with Gasteiger partial charge in [0, 0.05) is 24.5 Å². The summed E-state index contributed by atoms with van der Waals surface area (Å²) >= 11 is 1.57. The monoisotopic (exact) mass is 263 g/mol. The largest absolute Gasteiger partial charge is 0.390 e. The van der Waals surface area contributed by atoms with E-state index < -0.39 is 6.10 Å². The van der Waals surface area contributed by atoms with E-state index in [1.54, 1.807) is 18.4 Å². The minimum absolute atomic E-state index is 0.172. The molecule has 2 unspecified atom stereocenters. The van der Waals surface area contributed by atoms with Gasteiger partial charge in [-0.2, -0.15) is 0 Å². The van der Waals surface area contributed by atoms with E-state index in [0.717, 1.165) is 16.3 Å². The Bertz CT molecular complexity index is 484. The maximum atomic E-state index is 9.89. The van der Waals surface area contributed by atoms with Gasteiger partial charge in [-0.3, -0.25) is 0 Å². The molecule has 0 aliphatic carbocycles. The van der Waals surface area contributed by atoms with Crippen LogP contribution in [0.15, 0.2) is 35.7 Å². The lowest BCUT2D eigenvalue weighted by molar-refractivity contribution is 0.000396. The minimum Gasteiger partial charge on any atom is -0.390 e. The second kappa shape index (κ2) is 6.09. The molecule has 2 aromatic rings. The normalized spacial score (nSPS) is 14.4. The van der Waals surface area contributed by atoms with Crippen LogP contribution in [0.5, 0.6) is 0 Å². The van der Waals surface area contributed by atoms with Crippen molar-refractivity contribution in [3.8, 4) is 11.3 Å². The van der Waals surface area contributed by atoms with Crippen LogP contribution in [-0.2, 0) is 11.2 Å². The molecule has 3 nitrogen and oxygen atoms in total. The average Bonchev–Trinajstić information content (AvgIpc) is 2.87. The first-order chi connectivity index (χ1) is 8.70. The summed E-state index contributed by atoms with van der Waals surface area (Å²) in [6.07, 6.45) is -0.147. The fourth-order valence-corrected chi connectivity index (χ4v) is 2.50. The molecule has 0 aliphatic heterocycles. The third-order valence-electron chi connectivity index (χ3n) is 2.92. The number of aromatic nitrogens is 1. The van der Waals surface area contributed by atoms with E-state index in [-0.39, 0.29) is 6.10 Å². The third-order valence-corrected chi connectivity index (χ3v) is 3.79. The Morgan fingerprint density at radius 1 is 1.33 bits per heavy atom. The Morgan fingerprint density at radius 2 is 2.06 bits per heavy atom. The number of ether oxygens (including phenoxy) is 1. The number of rotatable bonds is 5. The van der Waals surface area contributed by atoms with Crippen molar-refractivity contribution in [1.29, 1.82) is 0 Å². The Hall–Kier alpha value is -1.23. The van der Waals surface area contributed by atoms with Gasteiger partial charge in [-0.15, -0.1) is 11.3 Å². The number of aliphatic hydroxyl groups excluding tert-OH is 1. The van der Waals surface area contributed by atoms with Gasteiger partial charge in [-0.1, -0.05) is 30.3 Å². The molecule has 0 saturated heterocycles. The SMILES string of the molecule is COC(C)C(O)Cc1nc(-c2ccccc2)cs1. The van der Waals surface area contributed by atoms with Crippen molar-refractivity contribution in [2.45, 2.75) is 25.6 Å². The number of hydrogen-bond donors (Lipinski definition) is 1. The van der Waals surface area contributed by atoms with E-state index in [9.17, 15) is 5.11 Å². The van der Waals surface area contributed by atoms with Crippen molar-refractivity contribution in [2.75, 3.05) is 7.11 Å². The first kappa shape index (κ1) is 13.2. The molecule has 1 aromatic heterocycles. The van der Waals surface area contributed by atoms with Gasteiger partial charge in [-0.25, -0.2) is 4.98 Å². The highest BCUT2D eigenvalue weighted by molar-refractivity contribution is 7.09. The van der Waals surface area contributed by atoms with Crippen LogP contribution in [0.4, 0.5) is 0 Å². The standard InChI is InChI=1S/C14H17NO2S/c1-10(17-2)13(16)8-14-15-12(9-18-14)11-6-4-3-5-7-11/h3-7,9-10,13,16H,8H2,1-2H3. The molecule has 0 fully saturated rings. The van der Waals surface area contributed by atoms with Crippen molar-refractivity contribution in [3.05, 3.63) is 40.7 Å². The van der Waals surface area contributed by atoms with Crippen LogP contribution in [0.25, 0.3) is 11.3 Å². The van der Waals surface area contributed by atoms with Gasteiger partial charge in [0.1, 0.15) is 0 Å². The average molecular weight is 263 g/mol. The molecule has 1 aromatic carbocycles. The van der Waals surface area contributed by atoms with Crippen LogP contribution in [0.3, 0.4) is 0 Å². The zero-order valence-electron chi connectivity index (χ0n) is 10.5. The predicted octanol–water partition coefficient (Wildman–Crippen LogP) is 2.75. The Balaban J connectivity index is 2.07. The number of benzene rings is 1. The molecule has 1 N–H and O–H groups in total. The highest BCUT2D eigenvalue weighted by atomic mass is 32.1. The predicted molar refractivity (Wildman–Crippen MR) is 73.7 cm³/mol. The molecule has 0 amide bonds. The third kappa shape index (κ3) is 3.16. The fourth-order valence-electron chi connectivity index (χ4n) is 1.65. The molecule has 2 atom stereocenters. The van der Waals surface area contributed by atoms with E-state index >= 15 is 0 Å². The number of thiazole rings is 1. The molecule has 0 aliphatic rings. The molecule has 4 heteroatoms. The summed E-state index contributed by atoms with van der Waals surface area (Å²) < 4.78 is 5.10. The summed E-state index contributed by atoms with van der Waals surface area (Å²) in [6.45, 7) is 1.86. The Kier molecular flexibility index (Phi) is 4.47. The highest BCUT2D eigenvalue weighted by Gasteiger charge is 2.16. The summed E-state index contributed by atoms with van der Waals surface area (Å²) in [5.41, 5.74) is 2.07. The molecule has 1 heterocycles. The maximum Gasteiger partial charge on any atom is 0.0959 e. The summed E-state index contributed by atoms with van der Waals surface area (Å²) in [4.78, 5) is 4.54. The van der Waals surface area contributed by atoms with Crippen molar-refractivity contribution in [2.24, 2.45) is 0 Å². The lowest BCUT2D eigenvalue weighted by atomic mass is 10.1. The van der Waals surface area contributed by atoms with Crippen molar-refractivity contribution >= 4 is 11.3 Å². The van der Waals surface area contributed by atoms with E-state index in [0.29, 0.717) is 6.42 Å². The van der Waals surface area contributed by atoms with Gasteiger partial charge in [0.05, 0.1) is 22.9 Å². The van der Waals surface area contributed by atoms with Gasteiger partial charge in [0.2, 0.25) is 0 Å². The number of methoxy groups -OCH3 is 1. The van der Waals surface area contributed by atoms with Crippen LogP contribution in [-0.4, -0.2) is 29.4 Å². The lowest BCUT2D eigenvalue weighted by Gasteiger charge is -2.15. The fraction of sp³-hybridized carbons (Fsp3) is 0.357. The molecule has 0 radical (unpaired) electrons. The molecule has 0 saturated carbocycles. The molecular weight excluding hydrogens is 246 g/mol. The van der Waals surface area contributed by atoms with E-state index in [1.807, 2.05) is 42.6 Å². The number of aliphatic hydroxyl groups is 1. The van der Waals surface area contributed by atoms with Crippen LogP contribution in [0.2, 0.25) is 0 Å². The van der Waals surface area contributed by atoms with Gasteiger partial charge in [0.25, 0.3) is 0 Å². The summed E-state index contributed by atoms with van der Waals surface area (Å²) in [5, 5.41) is 12.9. The molecular formula is C14H17NO2S. The maximum absolute atomic E-state index is 9.89. The lowest BCUT2D eigenvalue weighted by Crippen LogP contribution is -2.26. The van der Waals surface area contributed by atoms with Crippen LogP contribution in [0, 0.1) is 0 Å². The molecule has 0 spiro atoms. The number of nitrogens with zero attached hydrogens (tertiary/aromatic N) is 1. The molecule has 18 heavy (non-hydrogen) atoms. The summed E-state index contributed by atoms with van der Waals surface area (Å²) in [6, 6.07) is 10.0. The van der Waals surface area contributed by atoms with Crippen LogP contribution >= 0.6 is 11.3 Å². The smallest absolute Gasteiger partial charge is 0.0959 e. The second-order valence-electron chi connectivity index (χ2n) is 4.20. The van der Waals surface area contributed by atoms with Crippen molar-refractivity contribution in [1.82, 2.24) is 4.98 Å². The topological polar surface area (TPSA) is 42.4 Å².